The van der Waals surface area contributed by atoms with Gasteiger partial charge in [-0.05, 0) is 61.9 Å². The maximum absolute atomic E-state index is 12.6. The maximum Gasteiger partial charge on any atom is 0.317 e. The van der Waals surface area contributed by atoms with Gasteiger partial charge in [-0.15, -0.1) is 0 Å². The number of hydrogen-bond acceptors (Lipinski definition) is 3. The van der Waals surface area contributed by atoms with E-state index in [1.54, 1.807) is 0 Å². The van der Waals surface area contributed by atoms with Crippen molar-refractivity contribution in [1.29, 1.82) is 0 Å². The summed E-state index contributed by atoms with van der Waals surface area (Å²) in [5, 5.41) is 5.85. The van der Waals surface area contributed by atoms with Gasteiger partial charge in [0.05, 0.1) is 17.6 Å². The monoisotopic (exact) mass is 433 g/mol. The van der Waals surface area contributed by atoms with Gasteiger partial charge in [0.2, 0.25) is 0 Å². The maximum atomic E-state index is 12.6. The van der Waals surface area contributed by atoms with E-state index < -0.39 is 0 Å². The van der Waals surface area contributed by atoms with Crippen LogP contribution >= 0.6 is 0 Å². The number of carbonyl (C=O) groups excluding carboxylic acids is 2. The lowest BCUT2D eigenvalue weighted by atomic mass is 9.90. The smallest absolute Gasteiger partial charge is 0.317 e. The van der Waals surface area contributed by atoms with Crippen molar-refractivity contribution in [2.45, 2.75) is 32.7 Å². The highest BCUT2D eigenvalue weighted by Gasteiger charge is 2.22. The molecule has 1 aromatic heterocycles. The van der Waals surface area contributed by atoms with Crippen molar-refractivity contribution in [1.82, 2.24) is 25.1 Å². The third-order valence-electron chi connectivity index (χ3n) is 6.26. The van der Waals surface area contributed by atoms with E-state index in [-0.39, 0.29) is 11.9 Å². The molecule has 7 heteroatoms. The van der Waals surface area contributed by atoms with Crippen LogP contribution in [0.3, 0.4) is 0 Å². The lowest BCUT2D eigenvalue weighted by Crippen LogP contribution is -2.44. The van der Waals surface area contributed by atoms with Crippen LogP contribution in [0, 0.1) is 5.92 Å². The Labute approximate surface area is 188 Å². The number of nitrogens with one attached hydrogen (secondary N) is 2. The lowest BCUT2D eigenvalue weighted by molar-refractivity contribution is 0.0949. The highest BCUT2D eigenvalue weighted by atomic mass is 16.2. The Morgan fingerprint density at radius 2 is 1.75 bits per heavy atom. The molecular formula is C25H31N5O2. The third-order valence-corrected chi connectivity index (χ3v) is 6.26. The molecule has 32 heavy (non-hydrogen) atoms. The van der Waals surface area contributed by atoms with Gasteiger partial charge in [-0.25, -0.2) is 9.78 Å². The minimum Gasteiger partial charge on any atom is -0.345 e. The number of urea groups is 1. The molecule has 168 valence electrons. The first kappa shape index (κ1) is 21.9. The van der Waals surface area contributed by atoms with Crippen molar-refractivity contribution in [3.63, 3.8) is 0 Å². The van der Waals surface area contributed by atoms with E-state index in [4.69, 9.17) is 0 Å². The van der Waals surface area contributed by atoms with Crippen LogP contribution in [0.15, 0.2) is 48.5 Å². The summed E-state index contributed by atoms with van der Waals surface area (Å²) in [6.45, 7) is 4.60. The molecule has 4 rings (SSSR count). The highest BCUT2D eigenvalue weighted by molar-refractivity contribution is 5.94. The van der Waals surface area contributed by atoms with Crippen LogP contribution in [0.2, 0.25) is 0 Å². The normalized spacial score (nSPS) is 14.5. The Bertz CT molecular complexity index is 1080. The second-order valence-corrected chi connectivity index (χ2v) is 8.43. The van der Waals surface area contributed by atoms with E-state index >= 15 is 0 Å². The number of hydrogen-bond donors (Lipinski definition) is 2. The molecule has 2 N–H and O–H groups in total. The van der Waals surface area contributed by atoms with Gasteiger partial charge in [-0.3, -0.25) is 4.79 Å². The van der Waals surface area contributed by atoms with Gasteiger partial charge in [0.15, 0.2) is 0 Å². The van der Waals surface area contributed by atoms with Crippen LogP contribution in [-0.4, -0.2) is 46.0 Å². The number of nitrogens with zero attached hydrogens (tertiary/aromatic N) is 3. The lowest BCUT2D eigenvalue weighted by Gasteiger charge is -2.32. The molecule has 1 saturated heterocycles. The second-order valence-electron chi connectivity index (χ2n) is 8.43. The fourth-order valence-corrected chi connectivity index (χ4v) is 4.34. The van der Waals surface area contributed by atoms with Gasteiger partial charge >= 0.3 is 6.03 Å². The topological polar surface area (TPSA) is 79.3 Å². The number of likely N-dealkylation sites (tertiary alicyclic amines) is 1. The number of amides is 3. The minimum absolute atomic E-state index is 0.0416. The number of fused-ring (bicyclic) bond motifs is 1. The van der Waals surface area contributed by atoms with Crippen LogP contribution < -0.4 is 10.6 Å². The highest BCUT2D eigenvalue weighted by Crippen LogP contribution is 2.22. The summed E-state index contributed by atoms with van der Waals surface area (Å²) in [7, 11) is 1.96. The van der Waals surface area contributed by atoms with Crippen LogP contribution in [0.25, 0.3) is 11.0 Å². The van der Waals surface area contributed by atoms with Crippen LogP contribution in [-0.2, 0) is 20.0 Å². The van der Waals surface area contributed by atoms with Crippen LogP contribution in [0.5, 0.6) is 0 Å². The SMILES string of the molecule is CCNC(=O)N1CCC(Cc2ccc(C(=O)NCc3nc4ccccc4n3C)cc2)CC1. The fraction of sp³-hybridized carbons (Fsp3) is 0.400. The molecule has 1 aliphatic heterocycles. The number of piperidine rings is 1. The van der Waals surface area contributed by atoms with Crippen molar-refractivity contribution in [2.24, 2.45) is 13.0 Å². The van der Waals surface area contributed by atoms with E-state index in [9.17, 15) is 9.59 Å². The summed E-state index contributed by atoms with van der Waals surface area (Å²) < 4.78 is 2.01. The molecule has 2 aromatic carbocycles. The van der Waals surface area contributed by atoms with Crippen molar-refractivity contribution >= 4 is 23.0 Å². The molecular weight excluding hydrogens is 402 g/mol. The molecule has 1 aliphatic rings. The quantitative estimate of drug-likeness (QED) is 0.625. The Morgan fingerprint density at radius 1 is 1.03 bits per heavy atom. The van der Waals surface area contributed by atoms with Crippen molar-refractivity contribution in [3.05, 3.63) is 65.5 Å². The van der Waals surface area contributed by atoms with E-state index in [2.05, 4.69) is 15.6 Å². The standard InChI is InChI=1S/C25H31N5O2/c1-3-26-25(32)30-14-12-19(13-15-30)16-18-8-10-20(11-9-18)24(31)27-17-23-28-21-6-4-5-7-22(21)29(23)2/h4-11,19H,3,12-17H2,1-2H3,(H,26,32)(H,27,31). The number of carbonyl (C=O) groups is 2. The van der Waals surface area contributed by atoms with E-state index in [1.165, 1.54) is 5.56 Å². The molecule has 2 heterocycles. The van der Waals surface area contributed by atoms with Gasteiger partial charge in [0.25, 0.3) is 5.91 Å². The molecule has 7 nitrogen and oxygen atoms in total. The number of imidazole rings is 1. The predicted octanol–water partition coefficient (Wildman–Crippen LogP) is 3.49. The predicted molar refractivity (Wildman–Crippen MR) is 125 cm³/mol. The molecule has 1 fully saturated rings. The zero-order chi connectivity index (χ0) is 22.5. The Kier molecular flexibility index (Phi) is 6.73. The number of aromatic nitrogens is 2. The first-order valence-corrected chi connectivity index (χ1v) is 11.4. The van der Waals surface area contributed by atoms with Crippen molar-refractivity contribution in [3.8, 4) is 0 Å². The van der Waals surface area contributed by atoms with Crippen molar-refractivity contribution < 1.29 is 9.59 Å². The average Bonchev–Trinajstić information content (AvgIpc) is 3.14. The van der Waals surface area contributed by atoms with E-state index in [0.717, 1.165) is 49.2 Å². The molecule has 0 unspecified atom stereocenters. The van der Waals surface area contributed by atoms with Gasteiger partial charge in [0, 0.05) is 32.2 Å². The first-order valence-electron chi connectivity index (χ1n) is 11.4. The van der Waals surface area contributed by atoms with Gasteiger partial charge in [-0.1, -0.05) is 24.3 Å². The molecule has 0 radical (unpaired) electrons. The Balaban J connectivity index is 1.28. The summed E-state index contributed by atoms with van der Waals surface area (Å²) in [5.74, 6) is 1.30. The summed E-state index contributed by atoms with van der Waals surface area (Å²) in [5.41, 5.74) is 3.87. The minimum atomic E-state index is -0.0983. The average molecular weight is 434 g/mol. The largest absolute Gasteiger partial charge is 0.345 e. The fourth-order valence-electron chi connectivity index (χ4n) is 4.34. The third kappa shape index (κ3) is 4.93. The van der Waals surface area contributed by atoms with Crippen LogP contribution in [0.4, 0.5) is 4.79 Å². The molecule has 0 saturated carbocycles. The van der Waals surface area contributed by atoms with E-state index in [1.807, 2.05) is 72.0 Å². The second kappa shape index (κ2) is 9.85. The Hall–Kier alpha value is -3.35. The molecule has 3 aromatic rings. The zero-order valence-corrected chi connectivity index (χ0v) is 18.8. The van der Waals surface area contributed by atoms with Gasteiger partial charge in [-0.2, -0.15) is 0 Å². The zero-order valence-electron chi connectivity index (χ0n) is 18.8. The van der Waals surface area contributed by atoms with Gasteiger partial charge < -0.3 is 20.1 Å². The summed E-state index contributed by atoms with van der Waals surface area (Å²) in [6.07, 6.45) is 3.00. The number of benzene rings is 2. The summed E-state index contributed by atoms with van der Waals surface area (Å²) in [4.78, 5) is 31.1. The number of para-hydroxylation sites is 2. The summed E-state index contributed by atoms with van der Waals surface area (Å²) >= 11 is 0. The molecule has 0 aliphatic carbocycles. The molecule has 0 atom stereocenters. The number of rotatable bonds is 6. The molecule has 3 amide bonds. The number of aryl methyl sites for hydroxylation is 1. The molecule has 0 bridgehead atoms. The first-order chi connectivity index (χ1) is 15.5. The van der Waals surface area contributed by atoms with Gasteiger partial charge in [0.1, 0.15) is 5.82 Å². The van der Waals surface area contributed by atoms with E-state index in [0.29, 0.717) is 24.6 Å². The molecule has 0 spiro atoms. The van der Waals surface area contributed by atoms with Crippen molar-refractivity contribution in [2.75, 3.05) is 19.6 Å². The Morgan fingerprint density at radius 3 is 2.44 bits per heavy atom. The van der Waals surface area contributed by atoms with Crippen LogP contribution in [0.1, 0.15) is 41.5 Å². The summed E-state index contributed by atoms with van der Waals surface area (Å²) in [6, 6.07) is 15.9.